The van der Waals surface area contributed by atoms with E-state index >= 15 is 0 Å². The number of para-hydroxylation sites is 1. The zero-order valence-corrected chi connectivity index (χ0v) is 16.6. The van der Waals surface area contributed by atoms with Gasteiger partial charge in [-0.15, -0.1) is 11.3 Å². The Labute approximate surface area is 163 Å². The molecule has 4 rings (SSSR count). The Morgan fingerprint density at radius 2 is 1.96 bits per heavy atom. The van der Waals surface area contributed by atoms with E-state index in [4.69, 9.17) is 0 Å². The number of piperazine rings is 1. The van der Waals surface area contributed by atoms with Gasteiger partial charge in [0, 0.05) is 73.9 Å². The normalized spacial score (nSPS) is 16.6. The van der Waals surface area contributed by atoms with Gasteiger partial charge in [0.2, 0.25) is 0 Å². The first-order valence-corrected chi connectivity index (χ1v) is 10.1. The maximum Gasteiger partial charge on any atom is 0.132 e. The largest absolute Gasteiger partial charge is 0.381 e. The summed E-state index contributed by atoms with van der Waals surface area (Å²) in [5.74, 6) is 0. The lowest BCUT2D eigenvalue weighted by molar-refractivity contribution is 0.218. The summed E-state index contributed by atoms with van der Waals surface area (Å²) in [7, 11) is 1.99. The minimum Gasteiger partial charge on any atom is -0.381 e. The van der Waals surface area contributed by atoms with Crippen LogP contribution < -0.4 is 4.90 Å². The molecular weight excluding hydrogens is 358 g/mol. The van der Waals surface area contributed by atoms with Gasteiger partial charge in [0.25, 0.3) is 0 Å². The highest BCUT2D eigenvalue weighted by molar-refractivity contribution is 7.09. The van der Waals surface area contributed by atoms with Gasteiger partial charge in [0.1, 0.15) is 11.1 Å². The molecule has 0 aliphatic carbocycles. The fourth-order valence-corrected chi connectivity index (χ4v) is 4.24. The van der Waals surface area contributed by atoms with Gasteiger partial charge in [-0.3, -0.25) is 9.58 Å². The van der Waals surface area contributed by atoms with Crippen molar-refractivity contribution in [2.45, 2.75) is 19.6 Å². The molecule has 0 spiro atoms. The first kappa shape index (κ1) is 18.2. The predicted molar refractivity (Wildman–Crippen MR) is 108 cm³/mol. The van der Waals surface area contributed by atoms with Crippen LogP contribution in [-0.2, 0) is 13.6 Å². The number of aliphatic hydroxyl groups is 1. The molecule has 0 radical (unpaired) electrons. The molecular formula is C20H25N5OS. The average Bonchev–Trinajstić information content (AvgIpc) is 3.34. The summed E-state index contributed by atoms with van der Waals surface area (Å²) in [6.07, 6.45) is 3.05. The van der Waals surface area contributed by atoms with Crippen LogP contribution in [0.3, 0.4) is 0 Å². The van der Waals surface area contributed by atoms with Crippen molar-refractivity contribution in [2.75, 3.05) is 31.1 Å². The van der Waals surface area contributed by atoms with Gasteiger partial charge in [0.15, 0.2) is 0 Å². The number of hydrogen-bond donors (Lipinski definition) is 1. The molecule has 27 heavy (non-hydrogen) atoms. The van der Waals surface area contributed by atoms with Crippen molar-refractivity contribution in [2.24, 2.45) is 7.05 Å². The second-order valence-corrected chi connectivity index (χ2v) is 7.90. The summed E-state index contributed by atoms with van der Waals surface area (Å²) in [5, 5.41) is 17.8. The lowest BCUT2D eigenvalue weighted by atomic mass is 10.1. The topological polar surface area (TPSA) is 57.4 Å². The Morgan fingerprint density at radius 3 is 2.63 bits per heavy atom. The van der Waals surface area contributed by atoms with E-state index in [1.54, 1.807) is 6.20 Å². The van der Waals surface area contributed by atoms with Crippen LogP contribution in [0.1, 0.15) is 27.9 Å². The lowest BCUT2D eigenvalue weighted by Crippen LogP contribution is -2.46. The molecule has 7 heteroatoms. The molecule has 2 aromatic heterocycles. The van der Waals surface area contributed by atoms with Crippen molar-refractivity contribution < 1.29 is 5.11 Å². The molecule has 0 bridgehead atoms. The van der Waals surface area contributed by atoms with Gasteiger partial charge in [-0.05, 0) is 13.0 Å². The quantitative estimate of drug-likeness (QED) is 0.734. The van der Waals surface area contributed by atoms with Crippen LogP contribution in [0, 0.1) is 6.92 Å². The maximum atomic E-state index is 10.8. The number of aliphatic hydroxyl groups excluding tert-OH is 1. The fraction of sp³-hybridized carbons (Fsp3) is 0.400. The summed E-state index contributed by atoms with van der Waals surface area (Å²) in [4.78, 5) is 9.13. The van der Waals surface area contributed by atoms with E-state index < -0.39 is 6.10 Å². The van der Waals surface area contributed by atoms with E-state index in [-0.39, 0.29) is 0 Å². The van der Waals surface area contributed by atoms with E-state index in [0.717, 1.165) is 49.0 Å². The molecule has 1 atom stereocenters. The number of hydrogen-bond acceptors (Lipinski definition) is 6. The molecule has 3 aromatic rings. The van der Waals surface area contributed by atoms with Gasteiger partial charge in [-0.2, -0.15) is 5.10 Å². The highest BCUT2D eigenvalue weighted by Gasteiger charge is 2.23. The molecule has 1 saturated heterocycles. The Kier molecular flexibility index (Phi) is 5.24. The molecule has 1 fully saturated rings. The summed E-state index contributed by atoms with van der Waals surface area (Å²) in [6.45, 7) is 6.94. The van der Waals surface area contributed by atoms with Gasteiger partial charge in [-0.1, -0.05) is 18.2 Å². The first-order chi connectivity index (χ1) is 13.1. The fourth-order valence-electron chi connectivity index (χ4n) is 3.60. The third-order valence-corrected chi connectivity index (χ3v) is 6.19. The summed E-state index contributed by atoms with van der Waals surface area (Å²) in [5.41, 5.74) is 4.57. The highest BCUT2D eigenvalue weighted by atomic mass is 32.1. The Hall–Kier alpha value is -2.22. The minimum atomic E-state index is -0.669. The van der Waals surface area contributed by atoms with E-state index in [9.17, 15) is 5.11 Å². The second kappa shape index (κ2) is 7.80. The Balaban J connectivity index is 1.45. The number of thiazole rings is 1. The Bertz CT molecular complexity index is 884. The van der Waals surface area contributed by atoms with Crippen molar-refractivity contribution in [3.8, 4) is 0 Å². The van der Waals surface area contributed by atoms with Gasteiger partial charge < -0.3 is 10.0 Å². The lowest BCUT2D eigenvalue weighted by Gasteiger charge is -2.37. The van der Waals surface area contributed by atoms with Crippen molar-refractivity contribution in [3.63, 3.8) is 0 Å². The number of anilines is 1. The maximum absolute atomic E-state index is 10.8. The van der Waals surface area contributed by atoms with Crippen LogP contribution in [0.2, 0.25) is 0 Å². The number of rotatable bonds is 5. The molecule has 0 saturated carbocycles. The van der Waals surface area contributed by atoms with E-state index in [2.05, 4.69) is 32.9 Å². The van der Waals surface area contributed by atoms with E-state index in [1.165, 1.54) is 22.6 Å². The zero-order valence-electron chi connectivity index (χ0n) is 15.7. The predicted octanol–water partition coefficient (Wildman–Crippen LogP) is 2.59. The summed E-state index contributed by atoms with van der Waals surface area (Å²) < 4.78 is 1.93. The molecule has 1 aliphatic rings. The number of aromatic nitrogens is 3. The Morgan fingerprint density at radius 1 is 1.19 bits per heavy atom. The standard InChI is InChI=1S/C20H25N5OS/c1-15-16(13-22-23(15)2)14-24-8-10-25(11-9-24)18-6-4-3-5-17(18)19(26)20-21-7-12-27-20/h3-7,12-13,19,26H,8-11,14H2,1-2H3/t19-/m0/s1. The molecule has 142 valence electrons. The number of nitrogens with zero attached hydrogens (tertiary/aromatic N) is 5. The van der Waals surface area contributed by atoms with Gasteiger partial charge in [-0.25, -0.2) is 4.98 Å². The van der Waals surface area contributed by atoms with Crippen molar-refractivity contribution in [1.82, 2.24) is 19.7 Å². The summed E-state index contributed by atoms with van der Waals surface area (Å²) in [6, 6.07) is 8.13. The zero-order chi connectivity index (χ0) is 18.8. The van der Waals surface area contributed by atoms with Crippen LogP contribution in [0.15, 0.2) is 42.0 Å². The third-order valence-electron chi connectivity index (χ3n) is 5.36. The molecule has 1 aromatic carbocycles. The van der Waals surface area contributed by atoms with Crippen LogP contribution in [0.4, 0.5) is 5.69 Å². The number of aryl methyl sites for hydroxylation is 1. The van der Waals surface area contributed by atoms with Crippen LogP contribution in [0.25, 0.3) is 0 Å². The van der Waals surface area contributed by atoms with E-state index in [0.29, 0.717) is 0 Å². The van der Waals surface area contributed by atoms with Crippen LogP contribution >= 0.6 is 11.3 Å². The monoisotopic (exact) mass is 383 g/mol. The average molecular weight is 384 g/mol. The molecule has 3 heterocycles. The van der Waals surface area contributed by atoms with Crippen molar-refractivity contribution in [3.05, 3.63) is 63.9 Å². The molecule has 6 nitrogen and oxygen atoms in total. The molecule has 1 N–H and O–H groups in total. The van der Waals surface area contributed by atoms with Crippen LogP contribution in [0.5, 0.6) is 0 Å². The van der Waals surface area contributed by atoms with Crippen molar-refractivity contribution >= 4 is 17.0 Å². The van der Waals surface area contributed by atoms with Crippen molar-refractivity contribution in [1.29, 1.82) is 0 Å². The van der Waals surface area contributed by atoms with Crippen LogP contribution in [-0.4, -0.2) is 50.9 Å². The molecule has 1 aliphatic heterocycles. The summed E-state index contributed by atoms with van der Waals surface area (Å²) >= 11 is 1.49. The van der Waals surface area contributed by atoms with Gasteiger partial charge in [0.05, 0.1) is 6.20 Å². The van der Waals surface area contributed by atoms with Gasteiger partial charge >= 0.3 is 0 Å². The SMILES string of the molecule is Cc1c(CN2CCN(c3ccccc3[C@H](O)c3nccs3)CC2)cnn1C. The first-order valence-electron chi connectivity index (χ1n) is 9.24. The van der Waals surface area contributed by atoms with E-state index in [1.807, 2.05) is 41.5 Å². The minimum absolute atomic E-state index is 0.669. The molecule has 0 unspecified atom stereocenters. The second-order valence-electron chi connectivity index (χ2n) is 6.97. The smallest absolute Gasteiger partial charge is 0.132 e. The number of benzene rings is 1. The third kappa shape index (κ3) is 3.76. The highest BCUT2D eigenvalue weighted by Crippen LogP contribution is 2.32. The molecule has 0 amide bonds.